The van der Waals surface area contributed by atoms with Crippen molar-refractivity contribution in [3.63, 3.8) is 0 Å². The molecule has 1 aromatic heterocycles. The summed E-state index contributed by atoms with van der Waals surface area (Å²) < 4.78 is 23.7. The second-order valence-corrected chi connectivity index (χ2v) is 5.88. The largest absolute Gasteiger partial charge is 0.356 e. The van der Waals surface area contributed by atoms with Crippen LogP contribution in [0.5, 0.6) is 0 Å². The molecular weight excluding hydrogens is 264 g/mol. The number of carbonyl (C=O) groups is 1. The van der Waals surface area contributed by atoms with Crippen molar-refractivity contribution >= 4 is 27.3 Å². The van der Waals surface area contributed by atoms with Gasteiger partial charge in [-0.3, -0.25) is 4.79 Å². The van der Waals surface area contributed by atoms with Gasteiger partial charge < -0.3 is 5.32 Å². The highest BCUT2D eigenvalue weighted by Crippen LogP contribution is 2.19. The Morgan fingerprint density at radius 3 is 2.82 bits per heavy atom. The summed E-state index contributed by atoms with van der Waals surface area (Å²) in [5.41, 5.74) is 0. The van der Waals surface area contributed by atoms with E-state index in [9.17, 15) is 13.2 Å². The molecule has 1 rings (SSSR count). The van der Waals surface area contributed by atoms with Crippen LogP contribution in [0.15, 0.2) is 23.4 Å². The third-order valence-electron chi connectivity index (χ3n) is 1.98. The lowest BCUT2D eigenvalue weighted by atomic mass is 10.5. The van der Waals surface area contributed by atoms with Gasteiger partial charge in [-0.25, -0.2) is 13.4 Å². The number of halogens is 1. The lowest BCUT2D eigenvalue weighted by Crippen LogP contribution is -2.23. The fraction of sp³-hybridized carbons (Fsp3) is 0.400. The average Bonchev–Trinajstić information content (AvgIpc) is 2.24. The third kappa shape index (κ3) is 4.32. The number of aromatic nitrogens is 1. The Kier molecular flexibility index (Phi) is 4.89. The Bertz CT molecular complexity index is 502. The average molecular weight is 277 g/mol. The van der Waals surface area contributed by atoms with Crippen LogP contribution in [0.3, 0.4) is 0 Å². The first-order chi connectivity index (χ1) is 7.93. The van der Waals surface area contributed by atoms with E-state index in [-0.39, 0.29) is 21.7 Å². The van der Waals surface area contributed by atoms with Gasteiger partial charge in [0.2, 0.25) is 5.91 Å². The number of nitrogens with zero attached hydrogens (tertiary/aromatic N) is 1. The first-order valence-electron chi connectivity index (χ1n) is 5.01. The number of carbonyl (C=O) groups excluding carboxylic acids is 1. The number of hydrogen-bond donors (Lipinski definition) is 1. The fourth-order valence-electron chi connectivity index (χ4n) is 1.22. The number of nitrogens with one attached hydrogen (secondary N) is 1. The van der Waals surface area contributed by atoms with Crippen molar-refractivity contribution in [3.05, 3.63) is 23.4 Å². The zero-order valence-electron chi connectivity index (χ0n) is 9.31. The van der Waals surface area contributed by atoms with Crippen molar-refractivity contribution < 1.29 is 13.2 Å². The van der Waals surface area contributed by atoms with Gasteiger partial charge in [0, 0.05) is 19.7 Å². The van der Waals surface area contributed by atoms with Gasteiger partial charge in [0.1, 0.15) is 0 Å². The highest BCUT2D eigenvalue weighted by Gasteiger charge is 2.18. The highest BCUT2D eigenvalue weighted by atomic mass is 35.5. The van der Waals surface area contributed by atoms with E-state index in [1.807, 2.05) is 0 Å². The molecule has 0 fully saturated rings. The molecule has 0 unspecified atom stereocenters. The van der Waals surface area contributed by atoms with Gasteiger partial charge in [-0.2, -0.15) is 0 Å². The van der Waals surface area contributed by atoms with Crippen molar-refractivity contribution in [1.29, 1.82) is 0 Å². The molecule has 1 N–H and O–H groups in total. The minimum Gasteiger partial charge on any atom is -0.356 e. The predicted molar refractivity (Wildman–Crippen MR) is 64.6 cm³/mol. The Morgan fingerprint density at radius 1 is 1.53 bits per heavy atom. The lowest BCUT2D eigenvalue weighted by molar-refractivity contribution is -0.118. The van der Waals surface area contributed by atoms with E-state index >= 15 is 0 Å². The van der Waals surface area contributed by atoms with Crippen LogP contribution in [0, 0.1) is 0 Å². The second kappa shape index (κ2) is 5.97. The van der Waals surface area contributed by atoms with Crippen LogP contribution in [-0.4, -0.2) is 31.6 Å². The van der Waals surface area contributed by atoms with E-state index in [1.165, 1.54) is 19.2 Å². The first kappa shape index (κ1) is 13.9. The van der Waals surface area contributed by atoms with E-state index < -0.39 is 9.84 Å². The van der Waals surface area contributed by atoms with Crippen molar-refractivity contribution in [3.8, 4) is 0 Å². The van der Waals surface area contributed by atoms with Crippen molar-refractivity contribution in [2.24, 2.45) is 0 Å². The number of rotatable bonds is 5. The van der Waals surface area contributed by atoms with Crippen LogP contribution >= 0.6 is 11.6 Å². The molecular formula is C10H13ClN2O3S. The summed E-state index contributed by atoms with van der Waals surface area (Å²) in [5, 5.41) is 2.54. The molecule has 0 aliphatic heterocycles. The normalized spacial score (nSPS) is 11.2. The molecule has 0 bridgehead atoms. The third-order valence-corrected chi connectivity index (χ3v) is 4.14. The van der Waals surface area contributed by atoms with Crippen molar-refractivity contribution in [2.75, 3.05) is 12.3 Å². The smallest absolute Gasteiger partial charge is 0.216 e. The number of hydrogen-bond acceptors (Lipinski definition) is 4. The molecule has 0 saturated carbocycles. The molecule has 0 aliphatic rings. The van der Waals surface area contributed by atoms with Gasteiger partial charge in [0.15, 0.2) is 14.9 Å². The second-order valence-electron chi connectivity index (χ2n) is 3.45. The van der Waals surface area contributed by atoms with Crippen molar-refractivity contribution in [2.45, 2.75) is 18.4 Å². The molecule has 0 atom stereocenters. The summed E-state index contributed by atoms with van der Waals surface area (Å²) in [6.45, 7) is 1.70. The van der Waals surface area contributed by atoms with Crippen molar-refractivity contribution in [1.82, 2.24) is 10.3 Å². The highest BCUT2D eigenvalue weighted by molar-refractivity contribution is 7.91. The molecule has 7 heteroatoms. The van der Waals surface area contributed by atoms with Gasteiger partial charge in [-0.15, -0.1) is 0 Å². The maximum absolute atomic E-state index is 11.8. The molecule has 1 amide bonds. The van der Waals surface area contributed by atoms with E-state index in [0.717, 1.165) is 0 Å². The molecule has 5 nitrogen and oxygen atoms in total. The Balaban J connectivity index is 2.64. The molecule has 0 aromatic carbocycles. The first-order valence-corrected chi connectivity index (χ1v) is 7.04. The van der Waals surface area contributed by atoms with Gasteiger partial charge in [-0.05, 0) is 18.6 Å². The van der Waals surface area contributed by atoms with Gasteiger partial charge >= 0.3 is 0 Å². The SMILES string of the molecule is CC(=O)NCCCS(=O)(=O)c1ncccc1Cl. The summed E-state index contributed by atoms with van der Waals surface area (Å²) in [7, 11) is -3.48. The van der Waals surface area contributed by atoms with E-state index in [1.54, 1.807) is 6.07 Å². The monoisotopic (exact) mass is 276 g/mol. The Labute approximate surface area is 105 Å². The molecule has 1 heterocycles. The van der Waals surface area contributed by atoms with E-state index in [0.29, 0.717) is 13.0 Å². The molecule has 0 radical (unpaired) electrons. The van der Waals surface area contributed by atoms with E-state index in [2.05, 4.69) is 10.3 Å². The molecule has 17 heavy (non-hydrogen) atoms. The number of pyridine rings is 1. The van der Waals surface area contributed by atoms with Crippen LogP contribution in [0.1, 0.15) is 13.3 Å². The van der Waals surface area contributed by atoms with Gasteiger partial charge in [0.25, 0.3) is 0 Å². The maximum Gasteiger partial charge on any atom is 0.216 e. The Morgan fingerprint density at radius 2 is 2.24 bits per heavy atom. The Hall–Kier alpha value is -1.14. The molecule has 0 spiro atoms. The molecule has 0 aliphatic carbocycles. The standard InChI is InChI=1S/C10H13ClN2O3S/c1-8(14)12-6-3-7-17(15,16)10-9(11)4-2-5-13-10/h2,4-5H,3,6-7H2,1H3,(H,12,14). The summed E-state index contributed by atoms with van der Waals surface area (Å²) in [5.74, 6) is -0.275. The summed E-state index contributed by atoms with van der Waals surface area (Å²) in [6.07, 6.45) is 1.71. The van der Waals surface area contributed by atoms with Crippen LogP contribution in [0.4, 0.5) is 0 Å². The summed E-state index contributed by atoms with van der Waals surface area (Å²) >= 11 is 5.76. The van der Waals surface area contributed by atoms with Crippen LogP contribution in [0.25, 0.3) is 0 Å². The van der Waals surface area contributed by atoms with Crippen LogP contribution < -0.4 is 5.32 Å². The van der Waals surface area contributed by atoms with Crippen LogP contribution in [0.2, 0.25) is 5.02 Å². The minimum absolute atomic E-state index is 0.0932. The lowest BCUT2D eigenvalue weighted by Gasteiger charge is -2.05. The maximum atomic E-state index is 11.8. The topological polar surface area (TPSA) is 76.1 Å². The zero-order valence-corrected chi connectivity index (χ0v) is 10.9. The molecule has 0 saturated heterocycles. The molecule has 1 aromatic rings. The quantitative estimate of drug-likeness (QED) is 0.815. The predicted octanol–water partition coefficient (Wildman–Crippen LogP) is 1.03. The van der Waals surface area contributed by atoms with Gasteiger partial charge in [0.05, 0.1) is 10.8 Å². The number of sulfone groups is 1. The van der Waals surface area contributed by atoms with E-state index in [4.69, 9.17) is 11.6 Å². The summed E-state index contributed by atoms with van der Waals surface area (Å²) in [6, 6.07) is 3.05. The van der Waals surface area contributed by atoms with Crippen LogP contribution in [-0.2, 0) is 14.6 Å². The minimum atomic E-state index is -3.48. The van der Waals surface area contributed by atoms with Gasteiger partial charge in [-0.1, -0.05) is 11.6 Å². The fourth-order valence-corrected chi connectivity index (χ4v) is 3.00. The zero-order chi connectivity index (χ0) is 12.9. The summed E-state index contributed by atoms with van der Waals surface area (Å²) in [4.78, 5) is 14.4. The molecule has 94 valence electrons. The number of amides is 1.